The maximum Gasteiger partial charge on any atom is 0.202 e. The number of benzene rings is 1. The number of anilines is 2. The van der Waals surface area contributed by atoms with Crippen LogP contribution in [-0.2, 0) is 16.9 Å². The summed E-state index contributed by atoms with van der Waals surface area (Å²) in [6.45, 7) is 9.74. The number of ether oxygens (including phenoxy) is 1. The van der Waals surface area contributed by atoms with E-state index >= 15 is 0 Å². The topological polar surface area (TPSA) is 113 Å². The fourth-order valence-electron chi connectivity index (χ4n) is 5.02. The number of likely N-dealkylation sites (N-methyl/N-ethyl adjacent to an activating group) is 1. The molecule has 1 aliphatic carbocycles. The van der Waals surface area contributed by atoms with E-state index in [0.717, 1.165) is 37.4 Å². The van der Waals surface area contributed by atoms with Crippen LogP contribution in [0, 0.1) is 12.8 Å². The van der Waals surface area contributed by atoms with E-state index in [9.17, 15) is 8.42 Å². The lowest BCUT2D eigenvalue weighted by atomic mass is 9.88. The molecule has 10 nitrogen and oxygen atoms in total. The maximum atomic E-state index is 13.1. The molecule has 2 fully saturated rings. The number of nitrogens with zero attached hydrogens (tertiary/aromatic N) is 4. The Balaban J connectivity index is 1.43. The molecule has 1 saturated carbocycles. The van der Waals surface area contributed by atoms with Crippen molar-refractivity contribution in [3.63, 3.8) is 0 Å². The molecule has 0 radical (unpaired) electrons. The third-order valence-electron chi connectivity index (χ3n) is 7.10. The first-order chi connectivity index (χ1) is 18.3. The molecule has 39 heavy (non-hydrogen) atoms. The summed E-state index contributed by atoms with van der Waals surface area (Å²) in [7, 11) is 0.210. The molecule has 2 aliphatic heterocycles. The number of aryl methyl sites for hydroxylation is 2. The summed E-state index contributed by atoms with van der Waals surface area (Å²) >= 11 is 6.62. The Kier molecular flexibility index (Phi) is 7.36. The van der Waals surface area contributed by atoms with E-state index in [0.29, 0.717) is 22.6 Å². The van der Waals surface area contributed by atoms with Crippen LogP contribution in [0.4, 0.5) is 11.4 Å². The van der Waals surface area contributed by atoms with Crippen molar-refractivity contribution < 1.29 is 13.2 Å². The summed E-state index contributed by atoms with van der Waals surface area (Å²) in [5, 5.41) is 14.4. The first kappa shape index (κ1) is 27.8. The minimum absolute atomic E-state index is 0.00707. The highest BCUT2D eigenvalue weighted by molar-refractivity contribution is 7.91. The molecule has 3 aliphatic rings. The zero-order chi connectivity index (χ0) is 28.1. The van der Waals surface area contributed by atoms with Gasteiger partial charge in [0.1, 0.15) is 5.75 Å². The number of hydrogen-bond donors (Lipinski definition) is 3. The monoisotopic (exact) mass is 575 g/mol. The van der Waals surface area contributed by atoms with Gasteiger partial charge in [-0.05, 0) is 62.9 Å². The van der Waals surface area contributed by atoms with Crippen molar-refractivity contribution in [1.82, 2.24) is 20.0 Å². The first-order valence-corrected chi connectivity index (χ1v) is 15.4. The van der Waals surface area contributed by atoms with Gasteiger partial charge >= 0.3 is 0 Å². The van der Waals surface area contributed by atoms with Gasteiger partial charge in [0.15, 0.2) is 20.5 Å². The minimum atomic E-state index is -3.61. The molecular formula is C27H38ClN7O3S. The second kappa shape index (κ2) is 10.3. The quantitative estimate of drug-likeness (QED) is 0.411. The van der Waals surface area contributed by atoms with Gasteiger partial charge in [0, 0.05) is 38.5 Å². The number of nitrogens with one attached hydrogen (secondary N) is 3. The summed E-state index contributed by atoms with van der Waals surface area (Å²) < 4.78 is 33.9. The van der Waals surface area contributed by atoms with Crippen LogP contribution in [0.2, 0.25) is 0 Å². The van der Waals surface area contributed by atoms with E-state index in [4.69, 9.17) is 21.3 Å². The molecule has 212 valence electrons. The predicted octanol–water partition coefficient (Wildman–Crippen LogP) is 4.01. The molecule has 5 rings (SSSR count). The Bertz CT molecular complexity index is 1420. The number of rotatable bonds is 9. The number of sulfone groups is 1. The van der Waals surface area contributed by atoms with Gasteiger partial charge in [-0.2, -0.15) is 5.10 Å². The molecule has 3 heterocycles. The molecule has 1 saturated heterocycles. The molecule has 12 heteroatoms. The standard InChI is InChI=1S/C27H38ClN7O3S/c1-16(2)15-39(36,37)25-22(14-35(6)33-25)31-27(4)24(28)11-29-26(32-27)30-21-9-17(3)20(18-12-34(5)13-18)10-23(21)38-19-7-8-19/h9-11,14,16,18-19,31H,7-8,12-13,15H2,1-6H3,(H2,29,30,32). The van der Waals surface area contributed by atoms with Crippen LogP contribution < -0.4 is 20.7 Å². The number of guanidine groups is 1. The molecule has 1 aromatic carbocycles. The molecule has 0 amide bonds. The van der Waals surface area contributed by atoms with Crippen LogP contribution in [0.25, 0.3) is 0 Å². The van der Waals surface area contributed by atoms with Gasteiger partial charge in [-0.1, -0.05) is 25.4 Å². The predicted molar refractivity (Wildman–Crippen MR) is 155 cm³/mol. The molecule has 0 spiro atoms. The van der Waals surface area contributed by atoms with E-state index in [1.165, 1.54) is 15.8 Å². The van der Waals surface area contributed by atoms with Crippen molar-refractivity contribution in [2.45, 2.75) is 63.2 Å². The Morgan fingerprint density at radius 3 is 2.59 bits per heavy atom. The Labute approximate surface area is 235 Å². The molecule has 1 aromatic heterocycles. The molecule has 0 bridgehead atoms. The van der Waals surface area contributed by atoms with E-state index < -0.39 is 15.5 Å². The van der Waals surface area contributed by atoms with Gasteiger partial charge in [-0.15, -0.1) is 0 Å². The number of hydrogen-bond acceptors (Lipinski definition) is 9. The average molecular weight is 576 g/mol. The zero-order valence-corrected chi connectivity index (χ0v) is 24.9. The SMILES string of the molecule is Cc1cc(NC2=NC(C)(Nc3cn(C)nc3S(=O)(=O)CC(C)C)C(Cl)=CN2)c(OC2CC2)cc1C1CN(C)C1. The highest BCUT2D eigenvalue weighted by Gasteiger charge is 2.35. The largest absolute Gasteiger partial charge is 0.488 e. The van der Waals surface area contributed by atoms with E-state index in [-0.39, 0.29) is 22.8 Å². The highest BCUT2D eigenvalue weighted by Crippen LogP contribution is 2.39. The minimum Gasteiger partial charge on any atom is -0.488 e. The second-order valence-corrected chi connectivity index (χ2v) is 13.9. The third-order valence-corrected chi connectivity index (χ3v) is 9.57. The third kappa shape index (κ3) is 6.05. The lowest BCUT2D eigenvalue weighted by Gasteiger charge is -2.37. The Morgan fingerprint density at radius 1 is 1.23 bits per heavy atom. The van der Waals surface area contributed by atoms with Crippen LogP contribution >= 0.6 is 11.6 Å². The van der Waals surface area contributed by atoms with E-state index in [1.54, 1.807) is 26.4 Å². The fraction of sp³-hybridized carbons (Fsp3) is 0.556. The van der Waals surface area contributed by atoms with Crippen molar-refractivity contribution in [2.24, 2.45) is 18.0 Å². The van der Waals surface area contributed by atoms with Crippen molar-refractivity contribution in [1.29, 1.82) is 0 Å². The Morgan fingerprint density at radius 2 is 1.95 bits per heavy atom. The summed E-state index contributed by atoms with van der Waals surface area (Å²) in [6.07, 6.45) is 5.64. The Hall–Kier alpha value is -2.76. The summed E-state index contributed by atoms with van der Waals surface area (Å²) in [5.74, 6) is 1.73. The smallest absolute Gasteiger partial charge is 0.202 e. The molecule has 1 atom stereocenters. The zero-order valence-electron chi connectivity index (χ0n) is 23.4. The summed E-state index contributed by atoms with van der Waals surface area (Å²) in [4.78, 5) is 7.14. The van der Waals surface area contributed by atoms with Crippen LogP contribution in [0.5, 0.6) is 5.75 Å². The second-order valence-electron chi connectivity index (χ2n) is 11.6. The normalized spacial score (nSPS) is 22.2. The molecule has 3 N–H and O–H groups in total. The van der Waals surface area contributed by atoms with Crippen LogP contribution in [-0.4, -0.2) is 66.7 Å². The fourth-order valence-corrected chi connectivity index (χ4v) is 6.90. The van der Waals surface area contributed by atoms with Crippen molar-refractivity contribution in [3.05, 3.63) is 40.7 Å². The maximum absolute atomic E-state index is 13.1. The van der Waals surface area contributed by atoms with Crippen LogP contribution in [0.15, 0.2) is 39.6 Å². The lowest BCUT2D eigenvalue weighted by Crippen LogP contribution is -2.43. The van der Waals surface area contributed by atoms with Crippen molar-refractivity contribution in [3.8, 4) is 5.75 Å². The molecular weight excluding hydrogens is 538 g/mol. The van der Waals surface area contributed by atoms with Gasteiger partial charge in [0.2, 0.25) is 5.96 Å². The van der Waals surface area contributed by atoms with Gasteiger partial charge in [-0.25, -0.2) is 13.4 Å². The van der Waals surface area contributed by atoms with Gasteiger partial charge in [-0.3, -0.25) is 4.68 Å². The van der Waals surface area contributed by atoms with Gasteiger partial charge in [0.05, 0.1) is 28.3 Å². The number of aromatic nitrogens is 2. The number of aliphatic imine (C=N–C) groups is 1. The number of likely N-dealkylation sites (tertiary alicyclic amines) is 1. The van der Waals surface area contributed by atoms with Crippen molar-refractivity contribution >= 4 is 38.8 Å². The highest BCUT2D eigenvalue weighted by atomic mass is 35.5. The average Bonchev–Trinajstić information content (AvgIpc) is 3.55. The molecule has 1 unspecified atom stereocenters. The van der Waals surface area contributed by atoms with Crippen LogP contribution in [0.1, 0.15) is 50.7 Å². The lowest BCUT2D eigenvalue weighted by molar-refractivity contribution is 0.189. The summed E-state index contributed by atoms with van der Waals surface area (Å²) in [6, 6.07) is 4.27. The van der Waals surface area contributed by atoms with Crippen LogP contribution in [0.3, 0.4) is 0 Å². The van der Waals surface area contributed by atoms with Gasteiger partial charge < -0.3 is 25.6 Å². The van der Waals surface area contributed by atoms with E-state index in [1.807, 2.05) is 13.8 Å². The number of halogens is 1. The van der Waals surface area contributed by atoms with Gasteiger partial charge in [0.25, 0.3) is 0 Å². The molecule has 2 aromatic rings. The van der Waals surface area contributed by atoms with E-state index in [2.05, 4.69) is 52.1 Å². The first-order valence-electron chi connectivity index (χ1n) is 13.4. The summed E-state index contributed by atoms with van der Waals surface area (Å²) in [5.41, 5.74) is 2.54. The van der Waals surface area contributed by atoms with Crippen molar-refractivity contribution in [2.75, 3.05) is 36.5 Å².